The van der Waals surface area contributed by atoms with Gasteiger partial charge in [0, 0.05) is 0 Å². The van der Waals surface area contributed by atoms with Gasteiger partial charge in [0.05, 0.1) is 37.3 Å². The Morgan fingerprint density at radius 3 is 2.31 bits per heavy atom. The Balaban J connectivity index is 2.04. The summed E-state index contributed by atoms with van der Waals surface area (Å²) in [6.45, 7) is 2.41. The summed E-state index contributed by atoms with van der Waals surface area (Å²) in [5, 5.41) is 9.00. The fourth-order valence-electron chi connectivity index (χ4n) is 3.30. The van der Waals surface area contributed by atoms with E-state index in [0.29, 0.717) is 23.7 Å². The van der Waals surface area contributed by atoms with Gasteiger partial charge in [0.25, 0.3) is 11.8 Å². The lowest BCUT2D eigenvalue weighted by Crippen LogP contribution is -2.37. The first-order valence-electron chi connectivity index (χ1n) is 9.22. The molecule has 1 heterocycles. The van der Waals surface area contributed by atoms with Gasteiger partial charge in [-0.2, -0.15) is 0 Å². The molecular weight excluding hydrogens is 376 g/mol. The molecular formula is C21H22N2O6. The molecule has 1 aliphatic heterocycles. The van der Waals surface area contributed by atoms with Gasteiger partial charge in [-0.1, -0.05) is 25.1 Å². The van der Waals surface area contributed by atoms with E-state index >= 15 is 0 Å². The number of hydrogen-bond donors (Lipinski definition) is 2. The lowest BCUT2D eigenvalue weighted by molar-refractivity contribution is -0.130. The van der Waals surface area contributed by atoms with Gasteiger partial charge in [-0.15, -0.1) is 0 Å². The molecule has 0 aliphatic carbocycles. The van der Waals surface area contributed by atoms with Crippen molar-refractivity contribution < 1.29 is 29.1 Å². The summed E-state index contributed by atoms with van der Waals surface area (Å²) in [4.78, 5) is 38.9. The molecule has 2 N–H and O–H groups in total. The maximum Gasteiger partial charge on any atom is 0.262 e. The van der Waals surface area contributed by atoms with Crippen molar-refractivity contribution in [3.05, 3.63) is 59.2 Å². The summed E-state index contributed by atoms with van der Waals surface area (Å²) in [5.41, 5.74) is 2.64. The van der Waals surface area contributed by atoms with Gasteiger partial charge in [-0.05, 0) is 36.2 Å². The van der Waals surface area contributed by atoms with Crippen LogP contribution in [0.5, 0.6) is 11.5 Å². The third kappa shape index (κ3) is 3.93. The van der Waals surface area contributed by atoms with Gasteiger partial charge >= 0.3 is 0 Å². The molecule has 0 fully saturated rings. The van der Waals surface area contributed by atoms with Crippen LogP contribution in [-0.2, 0) is 4.79 Å². The number of fused-ring (bicyclic) bond motifs is 1. The predicted octanol–water partition coefficient (Wildman–Crippen LogP) is 2.72. The zero-order chi connectivity index (χ0) is 21.0. The lowest BCUT2D eigenvalue weighted by Gasteiger charge is -2.26. The second-order valence-corrected chi connectivity index (χ2v) is 6.54. The zero-order valence-corrected chi connectivity index (χ0v) is 16.2. The molecule has 29 heavy (non-hydrogen) atoms. The number of amides is 3. The highest BCUT2D eigenvalue weighted by atomic mass is 16.5. The molecule has 0 radical (unpaired) electrons. The van der Waals surface area contributed by atoms with E-state index in [1.807, 2.05) is 6.92 Å². The van der Waals surface area contributed by atoms with E-state index in [9.17, 15) is 14.4 Å². The molecule has 8 nitrogen and oxygen atoms in total. The normalized spacial score (nSPS) is 13.8. The quantitative estimate of drug-likeness (QED) is 0.402. The molecule has 0 saturated heterocycles. The van der Waals surface area contributed by atoms with Gasteiger partial charge in [-0.25, -0.2) is 5.48 Å². The minimum atomic E-state index is -0.926. The maximum atomic E-state index is 12.9. The van der Waals surface area contributed by atoms with Crippen LogP contribution in [-0.4, -0.2) is 41.5 Å². The van der Waals surface area contributed by atoms with Crippen molar-refractivity contribution in [2.24, 2.45) is 0 Å². The van der Waals surface area contributed by atoms with E-state index in [1.165, 1.54) is 7.11 Å². The second-order valence-electron chi connectivity index (χ2n) is 6.54. The summed E-state index contributed by atoms with van der Waals surface area (Å²) in [6, 6.07) is 10.5. The molecule has 2 aromatic rings. The Morgan fingerprint density at radius 1 is 1.10 bits per heavy atom. The van der Waals surface area contributed by atoms with E-state index in [2.05, 4.69) is 0 Å². The van der Waals surface area contributed by atoms with Crippen LogP contribution in [0.4, 0.5) is 0 Å². The highest BCUT2D eigenvalue weighted by molar-refractivity contribution is 6.21. The molecule has 3 rings (SSSR count). The number of hydroxylamine groups is 1. The molecule has 1 atom stereocenters. The Kier molecular flexibility index (Phi) is 6.13. The lowest BCUT2D eigenvalue weighted by atomic mass is 10.0. The van der Waals surface area contributed by atoms with Crippen molar-refractivity contribution in [3.8, 4) is 11.5 Å². The van der Waals surface area contributed by atoms with Crippen LogP contribution in [0.2, 0.25) is 0 Å². The minimum absolute atomic E-state index is 0.280. The van der Waals surface area contributed by atoms with Crippen LogP contribution in [0, 0.1) is 0 Å². The van der Waals surface area contributed by atoms with Crippen molar-refractivity contribution in [2.45, 2.75) is 25.8 Å². The second kappa shape index (κ2) is 8.74. The molecule has 2 aromatic carbocycles. The van der Waals surface area contributed by atoms with Crippen molar-refractivity contribution in [1.29, 1.82) is 0 Å². The highest BCUT2D eigenvalue weighted by Gasteiger charge is 2.41. The van der Waals surface area contributed by atoms with Gasteiger partial charge in [0.15, 0.2) is 11.5 Å². The smallest absolute Gasteiger partial charge is 0.262 e. The molecule has 8 heteroatoms. The summed E-state index contributed by atoms with van der Waals surface area (Å²) in [6.07, 6.45) is 0.476. The number of carbonyl (C=O) groups is 3. The maximum absolute atomic E-state index is 12.9. The van der Waals surface area contributed by atoms with E-state index in [1.54, 1.807) is 47.9 Å². The number of carbonyl (C=O) groups excluding carboxylic acids is 3. The highest BCUT2D eigenvalue weighted by Crippen LogP contribution is 2.37. The van der Waals surface area contributed by atoms with Crippen LogP contribution in [0.15, 0.2) is 42.5 Å². The minimum Gasteiger partial charge on any atom is -0.493 e. The van der Waals surface area contributed by atoms with Crippen molar-refractivity contribution in [2.75, 3.05) is 13.7 Å². The fraction of sp³-hybridized carbons (Fsp3) is 0.286. The number of methoxy groups -OCH3 is 1. The monoisotopic (exact) mass is 398 g/mol. The van der Waals surface area contributed by atoms with E-state index in [-0.39, 0.29) is 17.5 Å². The predicted molar refractivity (Wildman–Crippen MR) is 103 cm³/mol. The number of ether oxygens (including phenoxy) is 2. The number of nitrogens with zero attached hydrogens (tertiary/aromatic N) is 1. The molecule has 152 valence electrons. The van der Waals surface area contributed by atoms with Crippen LogP contribution in [0.1, 0.15) is 52.1 Å². The van der Waals surface area contributed by atoms with Gasteiger partial charge < -0.3 is 9.47 Å². The molecule has 0 saturated carbocycles. The molecule has 1 unspecified atom stereocenters. The Labute approximate surface area is 168 Å². The number of hydrogen-bond acceptors (Lipinski definition) is 6. The van der Waals surface area contributed by atoms with Gasteiger partial charge in [0.1, 0.15) is 0 Å². The number of rotatable bonds is 8. The first-order chi connectivity index (χ1) is 14.0. The van der Waals surface area contributed by atoms with Crippen LogP contribution in [0.3, 0.4) is 0 Å². The van der Waals surface area contributed by atoms with Crippen molar-refractivity contribution in [3.63, 3.8) is 0 Å². The van der Waals surface area contributed by atoms with Crippen molar-refractivity contribution >= 4 is 17.7 Å². The number of benzene rings is 2. The Bertz CT molecular complexity index is 908. The van der Waals surface area contributed by atoms with Crippen LogP contribution < -0.4 is 15.0 Å². The molecule has 3 amide bonds. The fourth-order valence-corrected chi connectivity index (χ4v) is 3.30. The summed E-state index contributed by atoms with van der Waals surface area (Å²) < 4.78 is 11.0. The van der Waals surface area contributed by atoms with E-state index < -0.39 is 23.8 Å². The van der Waals surface area contributed by atoms with Crippen LogP contribution in [0.25, 0.3) is 0 Å². The largest absolute Gasteiger partial charge is 0.493 e. The SMILES string of the molecule is CCCOc1cc(C(CC(=O)NO)N2C(=O)c3ccccc3C2=O)ccc1OC. The number of nitrogens with one attached hydrogen (secondary N) is 1. The number of imide groups is 1. The molecule has 0 aromatic heterocycles. The Morgan fingerprint density at radius 2 is 1.76 bits per heavy atom. The molecule has 1 aliphatic rings. The van der Waals surface area contributed by atoms with Gasteiger partial charge in [-0.3, -0.25) is 24.5 Å². The third-order valence-electron chi connectivity index (χ3n) is 4.67. The van der Waals surface area contributed by atoms with E-state index in [4.69, 9.17) is 14.7 Å². The standard InChI is InChI=1S/C21H22N2O6/c1-3-10-29-18-11-13(8-9-17(18)28-2)16(12-19(24)22-27)23-20(25)14-6-4-5-7-15(14)21(23)26/h4-9,11,16,27H,3,10,12H2,1-2H3,(H,22,24). The average Bonchev–Trinajstić information content (AvgIpc) is 3.00. The van der Waals surface area contributed by atoms with Gasteiger partial charge in [0.2, 0.25) is 5.91 Å². The summed E-state index contributed by atoms with van der Waals surface area (Å²) in [7, 11) is 1.51. The van der Waals surface area contributed by atoms with E-state index in [0.717, 1.165) is 11.3 Å². The molecule has 0 spiro atoms. The summed E-state index contributed by atoms with van der Waals surface area (Å²) >= 11 is 0. The third-order valence-corrected chi connectivity index (χ3v) is 4.67. The zero-order valence-electron chi connectivity index (χ0n) is 16.2. The first kappa shape index (κ1) is 20.3. The Hall–Kier alpha value is -3.39. The van der Waals surface area contributed by atoms with Crippen LogP contribution >= 0.6 is 0 Å². The van der Waals surface area contributed by atoms with Crippen molar-refractivity contribution in [1.82, 2.24) is 10.4 Å². The molecule has 0 bridgehead atoms. The topological polar surface area (TPSA) is 105 Å². The average molecular weight is 398 g/mol. The summed E-state index contributed by atoms with van der Waals surface area (Å²) in [5.74, 6) is -0.771. The first-order valence-corrected chi connectivity index (χ1v) is 9.22.